The van der Waals surface area contributed by atoms with Crippen LogP contribution < -0.4 is 10.4 Å². The summed E-state index contributed by atoms with van der Waals surface area (Å²) in [7, 11) is -1.87. The SMILES string of the molecule is CCCCCCCCCCC(=O)N(C1CCCCCCCCCC1)C1(C)C(C)=C(C)C(C)=C1[SiH](c1ccccc1)c1ccccc1.[Ti]. The summed E-state index contributed by atoms with van der Waals surface area (Å²) in [6.07, 6.45) is 23.6. The van der Waals surface area contributed by atoms with Gasteiger partial charge in [-0.15, -0.1) is 0 Å². The van der Waals surface area contributed by atoms with Crippen LogP contribution in [0.25, 0.3) is 0 Å². The average Bonchev–Trinajstić information content (AvgIpc) is 3.21. The zero-order valence-electron chi connectivity index (χ0n) is 30.7. The summed E-state index contributed by atoms with van der Waals surface area (Å²) in [5.41, 5.74) is 3.86. The molecule has 1 unspecified atom stereocenters. The number of allylic oxidation sites excluding steroid dienone is 2. The Bertz CT molecular complexity index is 1220. The molecule has 0 heterocycles. The van der Waals surface area contributed by atoms with Gasteiger partial charge in [0, 0.05) is 34.2 Å². The van der Waals surface area contributed by atoms with Gasteiger partial charge in [-0.05, 0) is 68.9 Å². The van der Waals surface area contributed by atoms with Crippen molar-refractivity contribution in [1.82, 2.24) is 4.90 Å². The summed E-state index contributed by atoms with van der Waals surface area (Å²) in [6.45, 7) is 11.8. The van der Waals surface area contributed by atoms with Crippen molar-refractivity contribution in [2.75, 3.05) is 0 Å². The molecule has 47 heavy (non-hydrogen) atoms. The van der Waals surface area contributed by atoms with Crippen LogP contribution in [0.1, 0.15) is 157 Å². The second-order valence-electron chi connectivity index (χ2n) is 14.7. The molecule has 2 aliphatic carbocycles. The molecule has 0 saturated heterocycles. The zero-order valence-corrected chi connectivity index (χ0v) is 33.4. The fraction of sp³-hybridized carbons (Fsp3) is 0.605. The summed E-state index contributed by atoms with van der Waals surface area (Å²) >= 11 is 0. The molecule has 2 aliphatic rings. The van der Waals surface area contributed by atoms with E-state index in [-0.39, 0.29) is 21.7 Å². The van der Waals surface area contributed by atoms with E-state index in [1.807, 2.05) is 0 Å². The monoisotopic (exact) mass is 687 g/mol. The smallest absolute Gasteiger partial charge is 0.223 e. The van der Waals surface area contributed by atoms with Crippen molar-refractivity contribution in [3.8, 4) is 0 Å². The van der Waals surface area contributed by atoms with E-state index in [9.17, 15) is 4.79 Å². The molecule has 2 aromatic carbocycles. The Labute approximate surface area is 305 Å². The summed E-state index contributed by atoms with van der Waals surface area (Å²) in [5.74, 6) is 0.404. The molecule has 0 aliphatic heterocycles. The van der Waals surface area contributed by atoms with Crippen LogP contribution in [-0.4, -0.2) is 31.2 Å². The summed E-state index contributed by atoms with van der Waals surface area (Å²) < 4.78 is 0. The normalized spacial score (nSPS) is 19.9. The van der Waals surface area contributed by atoms with Crippen LogP contribution in [0.4, 0.5) is 0 Å². The van der Waals surface area contributed by atoms with E-state index in [0.717, 1.165) is 19.3 Å². The molecule has 1 saturated carbocycles. The van der Waals surface area contributed by atoms with Crippen LogP contribution in [-0.2, 0) is 26.5 Å². The van der Waals surface area contributed by atoms with Gasteiger partial charge in [0.05, 0.1) is 5.54 Å². The number of unbranched alkanes of at least 4 members (excludes halogenated alkanes) is 7. The quantitative estimate of drug-likeness (QED) is 0.143. The number of nitrogens with zero attached hydrogens (tertiary/aromatic N) is 1. The van der Waals surface area contributed by atoms with Crippen LogP contribution in [0.3, 0.4) is 0 Å². The average molecular weight is 688 g/mol. The Kier molecular flexibility index (Phi) is 17.5. The molecule has 1 amide bonds. The molecule has 1 fully saturated rings. The number of carbonyl (C=O) groups excluding carboxylic acids is 1. The third-order valence-electron chi connectivity index (χ3n) is 11.5. The summed E-state index contributed by atoms with van der Waals surface area (Å²) in [4.78, 5) is 17.4. The number of rotatable bonds is 14. The van der Waals surface area contributed by atoms with E-state index in [0.29, 0.717) is 18.4 Å². The third kappa shape index (κ3) is 10.4. The maximum absolute atomic E-state index is 14.9. The zero-order chi connectivity index (χ0) is 32.8. The van der Waals surface area contributed by atoms with Crippen molar-refractivity contribution >= 4 is 25.1 Å². The standard InChI is InChI=1S/C43H65NOSi.Ti/c1-6-7-8-9-10-15-18-27-34-41(45)44(38-28-21-16-13-11-12-14-17-22-29-38)43(5)37(4)35(2)36(3)42(43)46(39-30-23-19-24-31-39)40-32-25-20-26-33-40;/h19-20,23-26,30-33,38,46H,6-18,21-22,27-29,34H2,1-5H3;. The molecule has 0 radical (unpaired) electrons. The molecular weight excluding hydrogens is 622 g/mol. The van der Waals surface area contributed by atoms with E-state index in [1.54, 1.807) is 5.20 Å². The first-order chi connectivity index (χ1) is 22.4. The number of amides is 1. The van der Waals surface area contributed by atoms with Gasteiger partial charge in [0.15, 0.2) is 0 Å². The van der Waals surface area contributed by atoms with Crippen molar-refractivity contribution in [3.05, 3.63) is 82.6 Å². The fourth-order valence-electron chi connectivity index (χ4n) is 8.61. The van der Waals surface area contributed by atoms with Crippen molar-refractivity contribution in [2.45, 2.75) is 168 Å². The Balaban J connectivity index is 0.00000600. The fourth-order valence-corrected chi connectivity index (χ4v) is 12.4. The van der Waals surface area contributed by atoms with Crippen molar-refractivity contribution in [2.24, 2.45) is 0 Å². The van der Waals surface area contributed by atoms with E-state index < -0.39 is 14.3 Å². The molecule has 0 spiro atoms. The predicted molar refractivity (Wildman–Crippen MR) is 203 cm³/mol. The van der Waals surface area contributed by atoms with Gasteiger partial charge in [-0.3, -0.25) is 4.79 Å². The van der Waals surface area contributed by atoms with Crippen LogP contribution in [0.15, 0.2) is 82.6 Å². The summed E-state index contributed by atoms with van der Waals surface area (Å²) in [5, 5.41) is 4.46. The summed E-state index contributed by atoms with van der Waals surface area (Å²) in [6, 6.07) is 22.9. The van der Waals surface area contributed by atoms with Crippen molar-refractivity contribution in [1.29, 1.82) is 0 Å². The number of benzene rings is 2. The Morgan fingerprint density at radius 1 is 0.681 bits per heavy atom. The third-order valence-corrected chi connectivity index (χ3v) is 15.2. The Morgan fingerprint density at radius 3 is 1.62 bits per heavy atom. The van der Waals surface area contributed by atoms with E-state index >= 15 is 0 Å². The van der Waals surface area contributed by atoms with E-state index in [4.69, 9.17) is 0 Å². The molecule has 0 bridgehead atoms. The Morgan fingerprint density at radius 2 is 1.13 bits per heavy atom. The molecule has 4 heteroatoms. The van der Waals surface area contributed by atoms with Crippen LogP contribution >= 0.6 is 0 Å². The molecule has 256 valence electrons. The van der Waals surface area contributed by atoms with Gasteiger partial charge < -0.3 is 4.90 Å². The van der Waals surface area contributed by atoms with E-state index in [2.05, 4.69) is 100 Å². The van der Waals surface area contributed by atoms with Crippen molar-refractivity contribution < 1.29 is 26.5 Å². The largest absolute Gasteiger partial charge is 0.327 e. The number of carbonyl (C=O) groups is 1. The van der Waals surface area contributed by atoms with Crippen LogP contribution in [0.2, 0.25) is 0 Å². The van der Waals surface area contributed by atoms with Gasteiger partial charge in [-0.1, -0.05) is 174 Å². The molecule has 0 aromatic heterocycles. The minimum absolute atomic E-state index is 0. The van der Waals surface area contributed by atoms with Gasteiger partial charge >= 0.3 is 0 Å². The molecule has 0 N–H and O–H groups in total. The van der Waals surface area contributed by atoms with Crippen LogP contribution in [0, 0.1) is 0 Å². The second-order valence-corrected chi connectivity index (χ2v) is 17.4. The molecular formula is C43H65NOSiTi. The van der Waals surface area contributed by atoms with Gasteiger partial charge in [0.1, 0.15) is 8.80 Å². The first-order valence-corrected chi connectivity index (χ1v) is 21.0. The first kappa shape index (κ1) is 39.8. The van der Waals surface area contributed by atoms with Crippen molar-refractivity contribution in [3.63, 3.8) is 0 Å². The predicted octanol–water partition coefficient (Wildman–Crippen LogP) is 10.6. The number of hydrogen-bond donors (Lipinski definition) is 0. The first-order valence-electron chi connectivity index (χ1n) is 19.2. The topological polar surface area (TPSA) is 20.3 Å². The molecule has 1 atom stereocenters. The molecule has 2 nitrogen and oxygen atoms in total. The van der Waals surface area contributed by atoms with Gasteiger partial charge in [0.2, 0.25) is 5.91 Å². The van der Waals surface area contributed by atoms with Crippen LogP contribution in [0.5, 0.6) is 0 Å². The number of hydrogen-bond acceptors (Lipinski definition) is 1. The minimum atomic E-state index is -1.87. The Hall–Kier alpha value is -1.68. The minimum Gasteiger partial charge on any atom is -0.327 e. The van der Waals surface area contributed by atoms with Gasteiger partial charge in [-0.25, -0.2) is 0 Å². The van der Waals surface area contributed by atoms with E-state index in [1.165, 1.54) is 123 Å². The second kappa shape index (κ2) is 20.7. The van der Waals surface area contributed by atoms with Gasteiger partial charge in [0.25, 0.3) is 0 Å². The maximum atomic E-state index is 14.9. The molecule has 4 rings (SSSR count). The molecule has 2 aromatic rings. The maximum Gasteiger partial charge on any atom is 0.223 e. The van der Waals surface area contributed by atoms with Gasteiger partial charge in [-0.2, -0.15) is 0 Å².